The van der Waals surface area contributed by atoms with E-state index < -0.39 is 53.2 Å². The molecular weight excluding hydrogens is 511 g/mol. The van der Waals surface area contributed by atoms with Gasteiger partial charge in [-0.15, -0.1) is 6.42 Å². The van der Waals surface area contributed by atoms with Crippen LogP contribution in [0.3, 0.4) is 0 Å². The third-order valence-corrected chi connectivity index (χ3v) is 8.55. The number of imidazole rings is 1. The Kier molecular flexibility index (Phi) is 6.77. The van der Waals surface area contributed by atoms with E-state index in [1.807, 2.05) is 0 Å². The molecule has 0 amide bonds. The minimum absolute atomic E-state index is 0.0230. The number of nitrogens with zero attached hydrogens (tertiary/aromatic N) is 3. The summed E-state index contributed by atoms with van der Waals surface area (Å²) < 4.78 is 47.5. The van der Waals surface area contributed by atoms with Gasteiger partial charge < -0.3 is 35.0 Å². The van der Waals surface area contributed by atoms with E-state index in [2.05, 4.69) is 34.0 Å². The lowest BCUT2D eigenvalue weighted by atomic mass is 9.86. The van der Waals surface area contributed by atoms with Crippen LogP contribution in [0.25, 0.3) is 11.2 Å². The lowest BCUT2D eigenvalue weighted by Crippen LogP contribution is -2.33. The molecule has 5 unspecified atom stereocenters. The fourth-order valence-corrected chi connectivity index (χ4v) is 6.49. The maximum atomic E-state index is 12.0. The number of aliphatic hydroxyl groups is 1. The quantitative estimate of drug-likeness (QED) is 0.165. The van der Waals surface area contributed by atoms with Crippen molar-refractivity contribution in [3.05, 3.63) is 16.7 Å². The van der Waals surface area contributed by atoms with Crippen LogP contribution in [0.4, 0.5) is 5.95 Å². The molecule has 0 aromatic carbocycles. The molecule has 0 bridgehead atoms. The van der Waals surface area contributed by atoms with E-state index in [0.29, 0.717) is 0 Å². The van der Waals surface area contributed by atoms with Gasteiger partial charge in [0.25, 0.3) is 5.56 Å². The Morgan fingerprint density at radius 2 is 1.94 bits per heavy atom. The van der Waals surface area contributed by atoms with Crippen LogP contribution in [-0.4, -0.2) is 56.9 Å². The normalized spacial score (nSPS) is 27.2. The van der Waals surface area contributed by atoms with Gasteiger partial charge in [-0.05, 0) is 12.8 Å². The number of aliphatic hydroxyl groups excluding tert-OH is 1. The number of anilines is 1. The summed E-state index contributed by atoms with van der Waals surface area (Å²) in [4.78, 5) is 58.2. The molecule has 17 nitrogen and oxygen atoms in total. The number of phosphoric acid groups is 3. The van der Waals surface area contributed by atoms with Crippen LogP contribution < -0.4 is 11.3 Å². The maximum absolute atomic E-state index is 12.0. The molecule has 20 heteroatoms. The first-order valence-electron chi connectivity index (χ1n) is 8.73. The third-order valence-electron chi connectivity index (χ3n) is 4.77. The number of rotatable bonds is 8. The molecule has 182 valence electrons. The Morgan fingerprint density at radius 1 is 1.27 bits per heavy atom. The monoisotopic (exact) mass is 529 g/mol. The molecule has 0 aliphatic heterocycles. The average Bonchev–Trinajstić information content (AvgIpc) is 3.18. The molecule has 1 fully saturated rings. The van der Waals surface area contributed by atoms with Crippen LogP contribution in [0.15, 0.2) is 11.1 Å². The largest absolute Gasteiger partial charge is 0.490 e. The van der Waals surface area contributed by atoms with Crippen molar-refractivity contribution < 1.29 is 51.5 Å². The summed E-state index contributed by atoms with van der Waals surface area (Å²) >= 11 is 0. The summed E-state index contributed by atoms with van der Waals surface area (Å²) in [5.41, 5.74) is 3.44. The van der Waals surface area contributed by atoms with Crippen LogP contribution >= 0.6 is 23.5 Å². The van der Waals surface area contributed by atoms with Crippen LogP contribution in [0.1, 0.15) is 18.9 Å². The molecule has 0 saturated heterocycles. The molecule has 1 aliphatic carbocycles. The second kappa shape index (κ2) is 8.70. The Morgan fingerprint density at radius 3 is 2.55 bits per heavy atom. The zero-order valence-electron chi connectivity index (χ0n) is 16.3. The summed E-state index contributed by atoms with van der Waals surface area (Å²) in [6.45, 7) is -0.867. The molecule has 1 saturated carbocycles. The topological polar surface area (TPSA) is 270 Å². The fourth-order valence-electron chi connectivity index (χ4n) is 3.40. The van der Waals surface area contributed by atoms with Crippen molar-refractivity contribution in [3.8, 4) is 12.3 Å². The van der Waals surface area contributed by atoms with Crippen LogP contribution in [-0.2, 0) is 26.8 Å². The minimum Gasteiger partial charge on any atom is -0.391 e. The first kappa shape index (κ1) is 25.7. The average molecular weight is 529 g/mol. The van der Waals surface area contributed by atoms with E-state index in [1.165, 1.54) is 10.9 Å². The highest BCUT2D eigenvalue weighted by atomic mass is 31.3. The number of hydrogen-bond acceptors (Lipinski definition) is 11. The first-order chi connectivity index (χ1) is 15.1. The highest BCUT2D eigenvalue weighted by Crippen LogP contribution is 2.66. The predicted molar refractivity (Wildman–Crippen MR) is 108 cm³/mol. The van der Waals surface area contributed by atoms with Gasteiger partial charge in [-0.1, -0.05) is 5.92 Å². The van der Waals surface area contributed by atoms with Gasteiger partial charge in [0.2, 0.25) is 5.95 Å². The van der Waals surface area contributed by atoms with E-state index in [1.54, 1.807) is 0 Å². The van der Waals surface area contributed by atoms with Crippen molar-refractivity contribution in [2.45, 2.75) is 25.0 Å². The summed E-state index contributed by atoms with van der Waals surface area (Å²) in [6, 6.07) is -0.612. The van der Waals surface area contributed by atoms with Crippen LogP contribution in [0.5, 0.6) is 0 Å². The maximum Gasteiger partial charge on any atom is 0.490 e. The van der Waals surface area contributed by atoms with E-state index in [-0.39, 0.29) is 30.0 Å². The van der Waals surface area contributed by atoms with Crippen molar-refractivity contribution >= 4 is 40.6 Å². The van der Waals surface area contributed by atoms with Gasteiger partial charge in [0.1, 0.15) is 0 Å². The van der Waals surface area contributed by atoms with Gasteiger partial charge in [0.05, 0.1) is 24.5 Å². The highest BCUT2D eigenvalue weighted by molar-refractivity contribution is 7.66. The van der Waals surface area contributed by atoms with Gasteiger partial charge >= 0.3 is 23.5 Å². The number of nitrogens with two attached hydrogens (primary N) is 1. The Labute approximate surface area is 184 Å². The first-order valence-corrected chi connectivity index (χ1v) is 13.2. The second-order valence-electron chi connectivity index (χ2n) is 7.05. The number of aromatic nitrogens is 4. The number of nitrogen functional groups attached to an aromatic ring is 1. The zero-order valence-corrected chi connectivity index (χ0v) is 19.0. The summed E-state index contributed by atoms with van der Waals surface area (Å²) in [5.74, 6) is 2.09. The minimum atomic E-state index is -5.71. The van der Waals surface area contributed by atoms with E-state index >= 15 is 0 Å². The number of phosphoric ester groups is 1. The third kappa shape index (κ3) is 5.78. The van der Waals surface area contributed by atoms with Crippen molar-refractivity contribution in [3.63, 3.8) is 0 Å². The van der Waals surface area contributed by atoms with Gasteiger partial charge in [0, 0.05) is 6.04 Å². The van der Waals surface area contributed by atoms with Crippen molar-refractivity contribution in [2.24, 2.45) is 5.41 Å². The van der Waals surface area contributed by atoms with Crippen molar-refractivity contribution in [1.82, 2.24) is 19.5 Å². The standard InChI is InChI=1S/C13H18N5O12P3/c1-2-13(5-28-32(24,25)30-33(26,27)29-31(21,22)23)4-7(3-8(13)19)18-6-15-9-10(18)16-12(14)17-11(9)20/h1,6-8,19H,3-5H2,(H,24,25)(H,26,27)(H2,21,22,23)(H3,14,16,17,20). The highest BCUT2D eigenvalue weighted by Gasteiger charge is 2.49. The lowest BCUT2D eigenvalue weighted by molar-refractivity contribution is 0.0443. The summed E-state index contributed by atoms with van der Waals surface area (Å²) in [7, 11) is -16.7. The molecule has 2 heterocycles. The number of aromatic amines is 1. The molecule has 5 atom stereocenters. The lowest BCUT2D eigenvalue weighted by Gasteiger charge is -2.27. The Balaban J connectivity index is 1.79. The van der Waals surface area contributed by atoms with E-state index in [9.17, 15) is 33.4 Å². The van der Waals surface area contributed by atoms with Crippen molar-refractivity contribution in [2.75, 3.05) is 12.3 Å². The van der Waals surface area contributed by atoms with Gasteiger partial charge in [0.15, 0.2) is 11.2 Å². The molecule has 2 aromatic heterocycles. The molecule has 33 heavy (non-hydrogen) atoms. The number of nitrogens with one attached hydrogen (secondary N) is 1. The summed E-state index contributed by atoms with van der Waals surface area (Å²) in [6.07, 6.45) is 5.37. The molecule has 0 spiro atoms. The van der Waals surface area contributed by atoms with Crippen LogP contribution in [0, 0.1) is 17.8 Å². The molecule has 2 aromatic rings. The van der Waals surface area contributed by atoms with Crippen molar-refractivity contribution in [1.29, 1.82) is 0 Å². The molecule has 0 radical (unpaired) electrons. The van der Waals surface area contributed by atoms with Gasteiger partial charge in [-0.2, -0.15) is 13.6 Å². The van der Waals surface area contributed by atoms with E-state index in [0.717, 1.165) is 0 Å². The van der Waals surface area contributed by atoms with Crippen LogP contribution in [0.2, 0.25) is 0 Å². The molecule has 8 N–H and O–H groups in total. The van der Waals surface area contributed by atoms with Gasteiger partial charge in [-0.25, -0.2) is 18.7 Å². The number of fused-ring (bicyclic) bond motifs is 1. The summed E-state index contributed by atoms with van der Waals surface area (Å²) in [5, 5.41) is 10.6. The number of H-pyrrole nitrogens is 1. The Bertz CT molecular complexity index is 1310. The predicted octanol–water partition coefficient (Wildman–Crippen LogP) is -0.640. The molecule has 1 aliphatic rings. The molecule has 3 rings (SSSR count). The van der Waals surface area contributed by atoms with Gasteiger partial charge in [-0.3, -0.25) is 14.3 Å². The van der Waals surface area contributed by atoms with E-state index in [4.69, 9.17) is 21.9 Å². The second-order valence-corrected chi connectivity index (χ2v) is 11.5. The smallest absolute Gasteiger partial charge is 0.391 e. The number of hydrogen-bond donors (Lipinski definition) is 7. The SMILES string of the molecule is C#CC1(COP(=O)(O)OP(=O)(O)OP(=O)(O)O)CC(n2cnc3c(=O)[nH]c(N)nc32)CC1O. The zero-order chi connectivity index (χ0) is 24.8. The number of terminal acetylenes is 1. The Hall–Kier alpha value is -1.92. The fraction of sp³-hybridized carbons (Fsp3) is 0.462. The molecular formula is C13H18N5O12P3.